The molecule has 0 N–H and O–H groups in total. The standard InChI is InChI=1S/C33H36Te/c1-7-33(5,6)31-21-19-27(23-29(31)25-16-12-9-13-17-25)34-26-18-20-30(32(2,3)4)28(22-26)24-14-10-8-11-15-24/h8-23H,7H2,1-6H3. The molecule has 0 amide bonds. The molecular weight excluding hydrogens is 524 g/mol. The zero-order chi connectivity index (χ0) is 24.3. The molecule has 0 spiro atoms. The Balaban J connectivity index is 1.77. The van der Waals surface area contributed by atoms with Crippen LogP contribution in [0.5, 0.6) is 0 Å². The van der Waals surface area contributed by atoms with Crippen molar-refractivity contribution in [1.29, 1.82) is 0 Å². The summed E-state index contributed by atoms with van der Waals surface area (Å²) in [5.74, 6) is 0. The van der Waals surface area contributed by atoms with Crippen LogP contribution in [0.25, 0.3) is 22.3 Å². The number of benzene rings is 4. The minimum absolute atomic E-state index is 0.109. The zero-order valence-electron chi connectivity index (χ0n) is 21.4. The summed E-state index contributed by atoms with van der Waals surface area (Å²) in [6.07, 6.45) is 1.12. The van der Waals surface area contributed by atoms with Crippen molar-refractivity contribution in [3.05, 3.63) is 108 Å². The molecule has 1 heteroatoms. The van der Waals surface area contributed by atoms with Crippen LogP contribution >= 0.6 is 0 Å². The molecule has 0 heterocycles. The van der Waals surface area contributed by atoms with Gasteiger partial charge < -0.3 is 0 Å². The van der Waals surface area contributed by atoms with E-state index in [-0.39, 0.29) is 10.8 Å². The molecule has 0 bridgehead atoms. The van der Waals surface area contributed by atoms with E-state index in [4.69, 9.17) is 0 Å². The average Bonchev–Trinajstić information content (AvgIpc) is 2.84. The van der Waals surface area contributed by atoms with E-state index in [1.54, 1.807) is 0 Å². The van der Waals surface area contributed by atoms with Crippen LogP contribution in [0, 0.1) is 0 Å². The molecule has 0 aliphatic rings. The summed E-state index contributed by atoms with van der Waals surface area (Å²) in [5, 5.41) is 0. The number of hydrogen-bond donors (Lipinski definition) is 0. The van der Waals surface area contributed by atoms with Crippen molar-refractivity contribution in [3.8, 4) is 22.3 Å². The van der Waals surface area contributed by atoms with Gasteiger partial charge in [-0.3, -0.25) is 0 Å². The van der Waals surface area contributed by atoms with Crippen molar-refractivity contribution in [3.63, 3.8) is 0 Å². The number of rotatable bonds is 6. The van der Waals surface area contributed by atoms with Crippen molar-refractivity contribution < 1.29 is 0 Å². The molecule has 0 atom stereocenters. The Labute approximate surface area is 216 Å². The Morgan fingerprint density at radius 1 is 0.559 bits per heavy atom. The predicted molar refractivity (Wildman–Crippen MR) is 151 cm³/mol. The van der Waals surface area contributed by atoms with E-state index < -0.39 is 20.9 Å². The van der Waals surface area contributed by atoms with E-state index >= 15 is 0 Å². The van der Waals surface area contributed by atoms with Gasteiger partial charge in [0.2, 0.25) is 0 Å². The molecule has 0 fully saturated rings. The first-order chi connectivity index (χ1) is 16.2. The molecule has 0 nitrogen and oxygen atoms in total. The topological polar surface area (TPSA) is 0 Å². The minimum atomic E-state index is -0.514. The van der Waals surface area contributed by atoms with Gasteiger partial charge in [0.1, 0.15) is 0 Å². The van der Waals surface area contributed by atoms with Crippen LogP contribution in [0.2, 0.25) is 0 Å². The second-order valence-corrected chi connectivity index (χ2v) is 14.0. The second kappa shape index (κ2) is 10.1. The average molecular weight is 560 g/mol. The molecule has 0 aliphatic heterocycles. The molecule has 0 saturated carbocycles. The van der Waals surface area contributed by atoms with Crippen LogP contribution in [-0.2, 0) is 10.8 Å². The molecule has 0 aliphatic carbocycles. The Hall–Kier alpha value is -2.33. The molecule has 34 heavy (non-hydrogen) atoms. The summed E-state index contributed by atoms with van der Waals surface area (Å²) >= 11 is -0.514. The molecule has 0 aromatic heterocycles. The quantitative estimate of drug-likeness (QED) is 0.213. The van der Waals surface area contributed by atoms with Gasteiger partial charge in [-0.25, -0.2) is 0 Å². The van der Waals surface area contributed by atoms with Crippen LogP contribution in [-0.4, -0.2) is 20.9 Å². The van der Waals surface area contributed by atoms with Gasteiger partial charge in [0.15, 0.2) is 0 Å². The van der Waals surface area contributed by atoms with Crippen LogP contribution < -0.4 is 7.22 Å². The summed E-state index contributed by atoms with van der Waals surface area (Å²) in [6, 6.07) is 36.3. The summed E-state index contributed by atoms with van der Waals surface area (Å²) < 4.78 is 2.97. The van der Waals surface area contributed by atoms with E-state index in [0.29, 0.717) is 0 Å². The molecule has 0 saturated heterocycles. The first kappa shape index (κ1) is 24.8. The van der Waals surface area contributed by atoms with Gasteiger partial charge in [0.05, 0.1) is 0 Å². The first-order valence-corrected chi connectivity index (χ1v) is 14.6. The van der Waals surface area contributed by atoms with Crippen LogP contribution in [0.15, 0.2) is 97.1 Å². The van der Waals surface area contributed by atoms with Gasteiger partial charge in [-0.15, -0.1) is 0 Å². The monoisotopic (exact) mass is 562 g/mol. The Bertz CT molecular complexity index is 1240. The third-order valence-electron chi connectivity index (χ3n) is 6.81. The fourth-order valence-corrected chi connectivity index (χ4v) is 7.02. The van der Waals surface area contributed by atoms with E-state index in [9.17, 15) is 0 Å². The van der Waals surface area contributed by atoms with Crippen molar-refractivity contribution in [2.24, 2.45) is 0 Å². The molecule has 4 rings (SSSR count). The summed E-state index contributed by atoms with van der Waals surface area (Å²) in [4.78, 5) is 0. The third kappa shape index (κ3) is 5.49. The van der Waals surface area contributed by atoms with E-state index in [2.05, 4.69) is 139 Å². The van der Waals surface area contributed by atoms with Crippen LogP contribution in [0.4, 0.5) is 0 Å². The van der Waals surface area contributed by atoms with Crippen molar-refractivity contribution in [2.75, 3.05) is 0 Å². The molecule has 0 unspecified atom stereocenters. The summed E-state index contributed by atoms with van der Waals surface area (Å²) in [5.41, 5.74) is 8.53. The van der Waals surface area contributed by atoms with Crippen LogP contribution in [0.1, 0.15) is 59.1 Å². The van der Waals surface area contributed by atoms with Gasteiger partial charge in [-0.05, 0) is 0 Å². The van der Waals surface area contributed by atoms with Crippen molar-refractivity contribution in [2.45, 2.75) is 58.8 Å². The summed E-state index contributed by atoms with van der Waals surface area (Å²) in [7, 11) is 0. The Kier molecular flexibility index (Phi) is 7.37. The Morgan fingerprint density at radius 3 is 1.44 bits per heavy atom. The zero-order valence-corrected chi connectivity index (χ0v) is 23.7. The van der Waals surface area contributed by atoms with Crippen molar-refractivity contribution in [1.82, 2.24) is 0 Å². The van der Waals surface area contributed by atoms with Gasteiger partial charge >= 0.3 is 217 Å². The normalized spacial score (nSPS) is 12.1. The maximum absolute atomic E-state index is 2.48. The first-order valence-electron chi connectivity index (χ1n) is 12.3. The molecule has 4 aromatic rings. The van der Waals surface area contributed by atoms with Gasteiger partial charge in [-0.2, -0.15) is 0 Å². The molecule has 4 aromatic carbocycles. The fraction of sp³-hybridized carbons (Fsp3) is 0.273. The third-order valence-corrected chi connectivity index (χ3v) is 9.60. The second-order valence-electron chi connectivity index (χ2n) is 10.7. The SMILES string of the molecule is CCC(C)(C)c1ccc([Te]c2ccc(C(C)(C)C)c(-c3ccccc3)c2)cc1-c1ccccc1. The predicted octanol–water partition coefficient (Wildman–Crippen LogP) is 7.66. The van der Waals surface area contributed by atoms with E-state index in [1.807, 2.05) is 0 Å². The molecule has 0 radical (unpaired) electrons. The molecule has 174 valence electrons. The number of hydrogen-bond acceptors (Lipinski definition) is 0. The molecular formula is C33H36Te. The van der Waals surface area contributed by atoms with Crippen LogP contribution in [0.3, 0.4) is 0 Å². The van der Waals surface area contributed by atoms with E-state index in [1.165, 1.54) is 40.6 Å². The fourth-order valence-electron chi connectivity index (χ4n) is 4.46. The van der Waals surface area contributed by atoms with Gasteiger partial charge in [0.25, 0.3) is 0 Å². The van der Waals surface area contributed by atoms with Gasteiger partial charge in [-0.1, -0.05) is 0 Å². The Morgan fingerprint density at radius 2 is 1.00 bits per heavy atom. The summed E-state index contributed by atoms with van der Waals surface area (Å²) in [6.45, 7) is 14.0. The van der Waals surface area contributed by atoms with Gasteiger partial charge in [0, 0.05) is 0 Å². The maximum atomic E-state index is 2.48. The van der Waals surface area contributed by atoms with E-state index in [0.717, 1.165) is 6.42 Å². The van der Waals surface area contributed by atoms with Crippen molar-refractivity contribution >= 4 is 28.1 Å².